The molecule has 0 bridgehead atoms. The van der Waals surface area contributed by atoms with Crippen molar-refractivity contribution in [1.82, 2.24) is 0 Å². The van der Waals surface area contributed by atoms with Gasteiger partial charge < -0.3 is 10.6 Å². The van der Waals surface area contributed by atoms with Gasteiger partial charge in [0.05, 0.1) is 0 Å². The van der Waals surface area contributed by atoms with Gasteiger partial charge >= 0.3 is 0 Å². The summed E-state index contributed by atoms with van der Waals surface area (Å²) < 4.78 is 0. The predicted octanol–water partition coefficient (Wildman–Crippen LogP) is 2.72. The van der Waals surface area contributed by atoms with E-state index in [1.54, 1.807) is 4.90 Å². The van der Waals surface area contributed by atoms with Crippen molar-refractivity contribution in [2.24, 2.45) is 23.5 Å². The Morgan fingerprint density at radius 2 is 1.75 bits per heavy atom. The van der Waals surface area contributed by atoms with Gasteiger partial charge in [-0.2, -0.15) is 0 Å². The maximum atomic E-state index is 12.6. The Balaban J connectivity index is 1.70. The average molecular weight is 288 g/mol. The lowest BCUT2D eigenvalue weighted by Gasteiger charge is -2.18. The molecule has 0 radical (unpaired) electrons. The van der Waals surface area contributed by atoms with Gasteiger partial charge in [-0.15, -0.1) is 0 Å². The normalized spacial score (nSPS) is 27.6. The van der Waals surface area contributed by atoms with Crippen LogP contribution in [0.3, 0.4) is 0 Å². The van der Waals surface area contributed by atoms with E-state index in [1.165, 1.54) is 25.7 Å². The van der Waals surface area contributed by atoms with Crippen LogP contribution < -0.4 is 10.6 Å². The number of anilines is 1. The van der Waals surface area contributed by atoms with E-state index in [-0.39, 0.29) is 11.8 Å². The predicted molar refractivity (Wildman–Crippen MR) is 84.7 cm³/mol. The second-order valence-electron chi connectivity index (χ2n) is 5.95. The van der Waals surface area contributed by atoms with Crippen molar-refractivity contribution in [2.75, 3.05) is 11.9 Å². The first-order chi connectivity index (χ1) is 9.59. The van der Waals surface area contributed by atoms with Gasteiger partial charge in [0.2, 0.25) is 5.91 Å². The Morgan fingerprint density at radius 1 is 1.20 bits per heavy atom. The summed E-state index contributed by atoms with van der Waals surface area (Å²) >= 11 is 4.94. The number of amides is 1. The summed E-state index contributed by atoms with van der Waals surface area (Å²) in [6.45, 7) is 0. The fourth-order valence-electron chi connectivity index (χ4n) is 3.56. The van der Waals surface area contributed by atoms with E-state index in [4.69, 9.17) is 18.0 Å². The lowest BCUT2D eigenvalue weighted by molar-refractivity contribution is -0.120. The van der Waals surface area contributed by atoms with Crippen molar-refractivity contribution in [3.8, 4) is 0 Å². The Kier molecular flexibility index (Phi) is 3.50. The van der Waals surface area contributed by atoms with Gasteiger partial charge in [0, 0.05) is 24.2 Å². The molecule has 2 atom stereocenters. The molecular formula is C16H20N2OS. The van der Waals surface area contributed by atoms with Crippen LogP contribution in [-0.4, -0.2) is 17.9 Å². The number of benzene rings is 1. The minimum absolute atomic E-state index is 0.262. The van der Waals surface area contributed by atoms with E-state index >= 15 is 0 Å². The number of fused-ring (bicyclic) bond motifs is 1. The van der Waals surface area contributed by atoms with E-state index in [2.05, 4.69) is 0 Å². The Labute approximate surface area is 125 Å². The molecule has 2 N–H and O–H groups in total. The summed E-state index contributed by atoms with van der Waals surface area (Å²) in [7, 11) is 1.86. The maximum Gasteiger partial charge on any atom is 0.230 e. The van der Waals surface area contributed by atoms with E-state index in [9.17, 15) is 4.79 Å². The van der Waals surface area contributed by atoms with Crippen molar-refractivity contribution in [3.05, 3.63) is 29.8 Å². The zero-order chi connectivity index (χ0) is 14.3. The van der Waals surface area contributed by atoms with Gasteiger partial charge in [0.25, 0.3) is 0 Å². The number of rotatable bonds is 3. The molecule has 2 fully saturated rings. The first-order valence-electron chi connectivity index (χ1n) is 7.27. The largest absolute Gasteiger partial charge is 0.389 e. The van der Waals surface area contributed by atoms with Crippen LogP contribution in [0.15, 0.2) is 24.3 Å². The quantitative estimate of drug-likeness (QED) is 0.870. The fraction of sp³-hybridized carbons (Fsp3) is 0.500. The zero-order valence-electron chi connectivity index (χ0n) is 11.7. The molecular weight excluding hydrogens is 268 g/mol. The van der Waals surface area contributed by atoms with Crippen LogP contribution >= 0.6 is 12.2 Å². The summed E-state index contributed by atoms with van der Waals surface area (Å²) in [4.78, 5) is 14.7. The van der Waals surface area contributed by atoms with Crippen LogP contribution in [0.5, 0.6) is 0 Å². The van der Waals surface area contributed by atoms with Gasteiger partial charge in [-0.05, 0) is 48.9 Å². The number of carbonyl (C=O) groups is 1. The Bertz CT molecular complexity index is 528. The van der Waals surface area contributed by atoms with Crippen LogP contribution in [0.25, 0.3) is 0 Å². The molecule has 0 heterocycles. The highest BCUT2D eigenvalue weighted by molar-refractivity contribution is 7.80. The minimum atomic E-state index is 0.262. The summed E-state index contributed by atoms with van der Waals surface area (Å²) in [5.41, 5.74) is 7.34. The van der Waals surface area contributed by atoms with E-state index in [1.807, 2.05) is 31.3 Å². The number of hydrogen-bond acceptors (Lipinski definition) is 2. The first-order valence-corrected chi connectivity index (χ1v) is 7.68. The van der Waals surface area contributed by atoms with Crippen LogP contribution in [0.4, 0.5) is 5.69 Å². The third kappa shape index (κ3) is 2.33. The molecule has 3 rings (SSSR count). The average Bonchev–Trinajstić information content (AvgIpc) is 3.20. The van der Waals surface area contributed by atoms with E-state index in [0.29, 0.717) is 16.8 Å². The molecule has 0 aliphatic heterocycles. The van der Waals surface area contributed by atoms with Gasteiger partial charge in [0.1, 0.15) is 4.99 Å². The molecule has 2 aliphatic carbocycles. The SMILES string of the molecule is CN(C(=O)C1C2CCCCC21)c1ccc(C(N)=S)cc1. The second-order valence-corrected chi connectivity index (χ2v) is 6.39. The molecule has 20 heavy (non-hydrogen) atoms. The molecule has 2 saturated carbocycles. The molecule has 4 heteroatoms. The summed E-state index contributed by atoms with van der Waals surface area (Å²) in [6.07, 6.45) is 5.04. The molecule has 1 aromatic rings. The van der Waals surface area contributed by atoms with Crippen LogP contribution in [-0.2, 0) is 4.79 Å². The molecule has 1 aromatic carbocycles. The molecule has 0 saturated heterocycles. The van der Waals surface area contributed by atoms with Gasteiger partial charge in [-0.3, -0.25) is 4.79 Å². The highest BCUT2D eigenvalue weighted by atomic mass is 32.1. The van der Waals surface area contributed by atoms with E-state index < -0.39 is 0 Å². The molecule has 1 amide bonds. The smallest absolute Gasteiger partial charge is 0.230 e. The third-order valence-electron chi connectivity index (χ3n) is 4.81. The molecule has 0 spiro atoms. The van der Waals surface area contributed by atoms with Crippen molar-refractivity contribution < 1.29 is 4.79 Å². The fourth-order valence-corrected chi connectivity index (χ4v) is 3.69. The van der Waals surface area contributed by atoms with Crippen molar-refractivity contribution in [2.45, 2.75) is 25.7 Å². The zero-order valence-corrected chi connectivity index (χ0v) is 12.5. The summed E-state index contributed by atoms with van der Waals surface area (Å²) in [5.74, 6) is 1.83. The molecule has 3 nitrogen and oxygen atoms in total. The van der Waals surface area contributed by atoms with Gasteiger partial charge in [-0.25, -0.2) is 0 Å². The molecule has 0 aromatic heterocycles. The number of hydrogen-bond donors (Lipinski definition) is 1. The molecule has 2 aliphatic rings. The number of thiocarbonyl (C=S) groups is 1. The van der Waals surface area contributed by atoms with Crippen molar-refractivity contribution in [3.63, 3.8) is 0 Å². The lowest BCUT2D eigenvalue weighted by Crippen LogP contribution is -2.28. The monoisotopic (exact) mass is 288 g/mol. The summed E-state index contributed by atoms with van der Waals surface area (Å²) in [6, 6.07) is 7.58. The highest BCUT2D eigenvalue weighted by Gasteiger charge is 2.55. The minimum Gasteiger partial charge on any atom is -0.389 e. The molecule has 106 valence electrons. The number of carbonyl (C=O) groups excluding carboxylic acids is 1. The Hall–Kier alpha value is -1.42. The third-order valence-corrected chi connectivity index (χ3v) is 5.05. The standard InChI is InChI=1S/C16H20N2OS/c1-18(11-8-6-10(7-9-11)15(17)20)16(19)14-12-4-2-3-5-13(12)14/h6-9,12-14H,2-5H2,1H3,(H2,17,20). The van der Waals surface area contributed by atoms with Crippen molar-refractivity contribution in [1.29, 1.82) is 0 Å². The highest BCUT2D eigenvalue weighted by Crippen LogP contribution is 2.56. The van der Waals surface area contributed by atoms with Gasteiger partial charge in [-0.1, -0.05) is 25.1 Å². The first kappa shape index (κ1) is 13.6. The second kappa shape index (κ2) is 5.17. The molecule has 2 unspecified atom stereocenters. The van der Waals surface area contributed by atoms with Crippen molar-refractivity contribution >= 4 is 28.8 Å². The van der Waals surface area contributed by atoms with Crippen LogP contribution in [0.2, 0.25) is 0 Å². The number of nitrogens with two attached hydrogens (primary N) is 1. The Morgan fingerprint density at radius 3 is 2.25 bits per heavy atom. The van der Waals surface area contributed by atoms with Crippen LogP contribution in [0, 0.1) is 17.8 Å². The van der Waals surface area contributed by atoms with Crippen LogP contribution in [0.1, 0.15) is 31.2 Å². The summed E-state index contributed by atoms with van der Waals surface area (Å²) in [5, 5.41) is 0. The van der Waals surface area contributed by atoms with E-state index in [0.717, 1.165) is 11.3 Å². The lowest BCUT2D eigenvalue weighted by atomic mass is 10.0. The van der Waals surface area contributed by atoms with Gasteiger partial charge in [0.15, 0.2) is 0 Å². The number of nitrogens with zero attached hydrogens (tertiary/aromatic N) is 1. The topological polar surface area (TPSA) is 46.3 Å². The maximum absolute atomic E-state index is 12.6.